The molecule has 1 amide bonds. The molecule has 1 N–H and O–H groups in total. The third-order valence-electron chi connectivity index (χ3n) is 7.70. The summed E-state index contributed by atoms with van der Waals surface area (Å²) in [5.41, 5.74) is 5.71. The van der Waals surface area contributed by atoms with Crippen LogP contribution in [-0.2, 0) is 20.9 Å². The summed E-state index contributed by atoms with van der Waals surface area (Å²) in [6.45, 7) is 11.4. The number of benzene rings is 2. The predicted molar refractivity (Wildman–Crippen MR) is 163 cm³/mol. The maximum atomic E-state index is 14.0. The average Bonchev–Trinajstić information content (AvgIpc) is 2.91. The van der Waals surface area contributed by atoms with Crippen molar-refractivity contribution in [2.75, 3.05) is 19.7 Å². The molecule has 2 aromatic carbocycles. The van der Waals surface area contributed by atoms with E-state index in [1.165, 1.54) is 10.6 Å². The molecule has 1 fully saturated rings. The molecule has 1 aliphatic rings. The number of hydrogen-bond acceptors (Lipinski definition) is 5. The molecule has 2 heterocycles. The summed E-state index contributed by atoms with van der Waals surface area (Å²) in [5.74, 6) is -0.641. The molecule has 0 saturated carbocycles. The molecular weight excluding hydrogens is 533 g/mol. The molecule has 1 aliphatic heterocycles. The number of likely N-dealkylation sites (tertiary alicyclic amines) is 1. The first-order chi connectivity index (χ1) is 20.0. The third-order valence-corrected chi connectivity index (χ3v) is 7.70. The lowest BCUT2D eigenvalue weighted by Crippen LogP contribution is -2.47. The lowest BCUT2D eigenvalue weighted by molar-refractivity contribution is -0.144. The number of carbonyl (C=O) groups excluding carboxylic acids is 2. The van der Waals surface area contributed by atoms with Crippen LogP contribution in [0.4, 0.5) is 4.39 Å². The monoisotopic (exact) mass is 575 g/mol. The van der Waals surface area contributed by atoms with Gasteiger partial charge in [0.25, 0.3) is 5.56 Å². The minimum absolute atomic E-state index is 0.0432. The zero-order valence-electron chi connectivity index (χ0n) is 25.2. The summed E-state index contributed by atoms with van der Waals surface area (Å²) in [4.78, 5) is 41.7. The van der Waals surface area contributed by atoms with Gasteiger partial charge in [-0.3, -0.25) is 19.3 Å². The Morgan fingerprint density at radius 1 is 1.05 bits per heavy atom. The van der Waals surface area contributed by atoms with Gasteiger partial charge < -0.3 is 14.6 Å². The van der Waals surface area contributed by atoms with E-state index >= 15 is 0 Å². The van der Waals surface area contributed by atoms with E-state index in [1.807, 2.05) is 49.1 Å². The molecule has 42 heavy (non-hydrogen) atoms. The molecule has 4 rings (SSSR count). The molecule has 0 bridgehead atoms. The van der Waals surface area contributed by atoms with Crippen molar-refractivity contribution in [3.05, 3.63) is 93.4 Å². The molecular formula is C34H42FN3O4. The Morgan fingerprint density at radius 2 is 1.74 bits per heavy atom. The zero-order valence-corrected chi connectivity index (χ0v) is 25.2. The fraction of sp³-hybridized carbons (Fsp3) is 0.441. The third kappa shape index (κ3) is 7.73. The second kappa shape index (κ2) is 13.9. The normalized spacial score (nSPS) is 15.2. The number of pyridine rings is 1. The number of alkyl halides is 1. The first kappa shape index (κ1) is 31.2. The second-order valence-corrected chi connectivity index (χ2v) is 11.7. The molecule has 7 nitrogen and oxygen atoms in total. The average molecular weight is 576 g/mol. The number of amides is 1. The van der Waals surface area contributed by atoms with Crippen molar-refractivity contribution < 1.29 is 18.7 Å². The van der Waals surface area contributed by atoms with Crippen LogP contribution < -0.4 is 10.9 Å². The number of aromatic nitrogens is 1. The van der Waals surface area contributed by atoms with E-state index in [-0.39, 0.29) is 30.4 Å². The SMILES string of the molecule is CCOC(=O)C[C@H](NC(=O)C(CC(C)C)n1cc(CN2CC(F)C2)ccc1=O)c1cccc(-c2c(C)cccc2C)c1. The van der Waals surface area contributed by atoms with Gasteiger partial charge in [-0.05, 0) is 72.6 Å². The first-order valence-electron chi connectivity index (χ1n) is 14.8. The largest absolute Gasteiger partial charge is 0.466 e. The van der Waals surface area contributed by atoms with E-state index < -0.39 is 24.2 Å². The van der Waals surface area contributed by atoms with Gasteiger partial charge in [-0.15, -0.1) is 0 Å². The van der Waals surface area contributed by atoms with Crippen LogP contribution >= 0.6 is 0 Å². The molecule has 2 atom stereocenters. The van der Waals surface area contributed by atoms with E-state index in [0.717, 1.165) is 33.4 Å². The van der Waals surface area contributed by atoms with Crippen LogP contribution in [0.5, 0.6) is 0 Å². The highest BCUT2D eigenvalue weighted by atomic mass is 19.1. The van der Waals surface area contributed by atoms with Gasteiger partial charge in [0.2, 0.25) is 5.91 Å². The van der Waals surface area contributed by atoms with E-state index in [2.05, 4.69) is 31.3 Å². The number of ether oxygens (including phenoxy) is 1. The quantitative estimate of drug-likeness (QED) is 0.281. The van der Waals surface area contributed by atoms with Crippen molar-refractivity contribution in [2.45, 2.75) is 72.3 Å². The van der Waals surface area contributed by atoms with Gasteiger partial charge in [0.05, 0.1) is 19.1 Å². The Morgan fingerprint density at radius 3 is 2.38 bits per heavy atom. The van der Waals surface area contributed by atoms with Gasteiger partial charge in [0, 0.05) is 31.9 Å². The van der Waals surface area contributed by atoms with E-state index in [1.54, 1.807) is 19.2 Å². The summed E-state index contributed by atoms with van der Waals surface area (Å²) in [6.07, 6.45) is 1.28. The van der Waals surface area contributed by atoms with Crippen molar-refractivity contribution >= 4 is 11.9 Å². The van der Waals surface area contributed by atoms with E-state index in [9.17, 15) is 18.8 Å². The fourth-order valence-electron chi connectivity index (χ4n) is 5.66. The first-order valence-corrected chi connectivity index (χ1v) is 14.8. The zero-order chi connectivity index (χ0) is 30.4. The topological polar surface area (TPSA) is 80.6 Å². The van der Waals surface area contributed by atoms with Crippen LogP contribution in [0, 0.1) is 19.8 Å². The number of nitrogens with one attached hydrogen (secondary N) is 1. The molecule has 224 valence electrons. The Bertz CT molecular complexity index is 1440. The van der Waals surface area contributed by atoms with Gasteiger partial charge in [-0.1, -0.05) is 56.3 Å². The summed E-state index contributed by atoms with van der Waals surface area (Å²) >= 11 is 0. The van der Waals surface area contributed by atoms with Crippen LogP contribution in [0.3, 0.4) is 0 Å². The Hall–Kier alpha value is -3.78. The smallest absolute Gasteiger partial charge is 0.308 e. The maximum absolute atomic E-state index is 14.0. The van der Waals surface area contributed by atoms with Crippen molar-refractivity contribution in [1.82, 2.24) is 14.8 Å². The van der Waals surface area contributed by atoms with E-state index in [4.69, 9.17) is 4.74 Å². The Labute approximate surface area is 247 Å². The lowest BCUT2D eigenvalue weighted by atomic mass is 9.92. The number of esters is 1. The molecule has 1 aromatic heterocycles. The molecule has 1 unspecified atom stereocenters. The number of nitrogens with zero attached hydrogens (tertiary/aromatic N) is 2. The van der Waals surface area contributed by atoms with Crippen LogP contribution in [0.1, 0.15) is 68.0 Å². The highest BCUT2D eigenvalue weighted by Gasteiger charge is 2.29. The molecule has 3 aromatic rings. The van der Waals surface area contributed by atoms with Gasteiger partial charge in [-0.25, -0.2) is 4.39 Å². The van der Waals surface area contributed by atoms with Crippen LogP contribution in [0.15, 0.2) is 65.6 Å². The summed E-state index contributed by atoms with van der Waals surface area (Å²) in [7, 11) is 0. The summed E-state index contributed by atoms with van der Waals surface area (Å²) < 4.78 is 20.1. The highest BCUT2D eigenvalue weighted by molar-refractivity contribution is 5.82. The molecule has 0 aliphatic carbocycles. The Kier molecular flexibility index (Phi) is 10.3. The minimum Gasteiger partial charge on any atom is -0.466 e. The number of carbonyl (C=O) groups is 2. The van der Waals surface area contributed by atoms with Gasteiger partial charge >= 0.3 is 5.97 Å². The summed E-state index contributed by atoms with van der Waals surface area (Å²) in [6, 6.07) is 15.8. The lowest BCUT2D eigenvalue weighted by Gasteiger charge is -2.34. The van der Waals surface area contributed by atoms with Gasteiger partial charge in [0.15, 0.2) is 0 Å². The maximum Gasteiger partial charge on any atom is 0.308 e. The minimum atomic E-state index is -0.820. The van der Waals surface area contributed by atoms with Crippen molar-refractivity contribution in [3.8, 4) is 11.1 Å². The summed E-state index contributed by atoms with van der Waals surface area (Å²) in [5, 5.41) is 3.09. The number of hydrogen-bond donors (Lipinski definition) is 1. The van der Waals surface area contributed by atoms with Gasteiger partial charge in [-0.2, -0.15) is 0 Å². The molecule has 0 spiro atoms. The van der Waals surface area contributed by atoms with Crippen LogP contribution in [-0.4, -0.2) is 47.2 Å². The molecule has 8 heteroatoms. The van der Waals surface area contributed by atoms with Crippen molar-refractivity contribution in [3.63, 3.8) is 0 Å². The second-order valence-electron chi connectivity index (χ2n) is 11.7. The standard InChI is InChI=1S/C34H42FN3O4/c1-6-42-32(40)17-29(26-11-8-12-27(16-26)33-23(4)9-7-10-24(33)5)36-34(41)30(15-22(2)3)38-19-25(13-14-31(38)39)18-37-20-28(35)21-37/h7-14,16,19,22,28-30H,6,15,17-18,20-21H2,1-5H3,(H,36,41)/t29-,30?/m0/s1. The fourth-order valence-corrected chi connectivity index (χ4v) is 5.66. The predicted octanol–water partition coefficient (Wildman–Crippen LogP) is 5.68. The number of rotatable bonds is 12. The van der Waals surface area contributed by atoms with Crippen LogP contribution in [0.2, 0.25) is 0 Å². The van der Waals surface area contributed by atoms with Crippen molar-refractivity contribution in [2.24, 2.45) is 5.92 Å². The van der Waals surface area contributed by atoms with E-state index in [0.29, 0.717) is 26.1 Å². The molecule has 1 saturated heterocycles. The highest BCUT2D eigenvalue weighted by Crippen LogP contribution is 2.30. The number of halogens is 1. The number of aryl methyl sites for hydroxylation is 2. The van der Waals surface area contributed by atoms with Gasteiger partial charge in [0.1, 0.15) is 12.2 Å². The van der Waals surface area contributed by atoms with Crippen molar-refractivity contribution in [1.29, 1.82) is 0 Å². The molecule has 0 radical (unpaired) electrons. The Balaban J connectivity index is 1.66. The van der Waals surface area contributed by atoms with Crippen LogP contribution in [0.25, 0.3) is 11.1 Å².